The van der Waals surface area contributed by atoms with E-state index in [-0.39, 0.29) is 5.91 Å². The van der Waals surface area contributed by atoms with E-state index in [0.29, 0.717) is 12.5 Å². The van der Waals surface area contributed by atoms with E-state index < -0.39 is 0 Å². The molecule has 3 rings (SSSR count). The highest BCUT2D eigenvalue weighted by Crippen LogP contribution is 2.24. The molecule has 0 N–H and O–H groups in total. The summed E-state index contributed by atoms with van der Waals surface area (Å²) in [6.07, 6.45) is 7.30. The third-order valence-electron chi connectivity index (χ3n) is 5.52. The summed E-state index contributed by atoms with van der Waals surface area (Å²) in [5.41, 5.74) is 2.28. The summed E-state index contributed by atoms with van der Waals surface area (Å²) in [7, 11) is 3.74. The summed E-state index contributed by atoms with van der Waals surface area (Å²) < 4.78 is 7.53. The Morgan fingerprint density at radius 3 is 2.85 bits per heavy atom. The number of aryl methyl sites for hydroxylation is 3. The molecule has 1 saturated heterocycles. The Morgan fingerprint density at radius 1 is 1.31 bits per heavy atom. The summed E-state index contributed by atoms with van der Waals surface area (Å²) in [6.45, 7) is 2.95. The monoisotopic (exact) mass is 355 g/mol. The van der Waals surface area contributed by atoms with Crippen molar-refractivity contribution < 1.29 is 9.53 Å². The SMILES string of the molecule is COc1ccccc1CCC(=O)N1CCCC1CCc1ncc(C)n1C. The second-order valence-electron chi connectivity index (χ2n) is 7.11. The van der Waals surface area contributed by atoms with Gasteiger partial charge in [0.2, 0.25) is 5.91 Å². The molecule has 0 saturated carbocycles. The van der Waals surface area contributed by atoms with Crippen LogP contribution < -0.4 is 4.74 Å². The Hall–Kier alpha value is -2.30. The fourth-order valence-electron chi connectivity index (χ4n) is 3.83. The van der Waals surface area contributed by atoms with Gasteiger partial charge in [0.25, 0.3) is 0 Å². The van der Waals surface area contributed by atoms with Crippen LogP contribution in [0.15, 0.2) is 30.5 Å². The van der Waals surface area contributed by atoms with Crippen molar-refractivity contribution in [1.82, 2.24) is 14.5 Å². The van der Waals surface area contributed by atoms with E-state index in [1.165, 1.54) is 5.69 Å². The molecule has 1 aromatic carbocycles. The van der Waals surface area contributed by atoms with Gasteiger partial charge in [0.05, 0.1) is 7.11 Å². The molecule has 1 aliphatic rings. The first-order valence-electron chi connectivity index (χ1n) is 9.48. The fraction of sp³-hybridized carbons (Fsp3) is 0.524. The van der Waals surface area contributed by atoms with Crippen LogP contribution in [-0.2, 0) is 24.7 Å². The van der Waals surface area contributed by atoms with Crippen LogP contribution in [0.5, 0.6) is 5.75 Å². The van der Waals surface area contributed by atoms with Crippen LogP contribution in [-0.4, -0.2) is 40.1 Å². The number of benzene rings is 1. The molecule has 26 heavy (non-hydrogen) atoms. The smallest absolute Gasteiger partial charge is 0.223 e. The van der Waals surface area contributed by atoms with E-state index in [2.05, 4.69) is 28.4 Å². The number of amides is 1. The number of imidazole rings is 1. The van der Waals surface area contributed by atoms with Crippen LogP contribution in [0.4, 0.5) is 0 Å². The predicted molar refractivity (Wildman–Crippen MR) is 102 cm³/mol. The van der Waals surface area contributed by atoms with Crippen molar-refractivity contribution in [3.63, 3.8) is 0 Å². The standard InChI is InChI=1S/C21H29N3O2/c1-16-15-22-20(23(16)2)12-11-18-8-6-14-24(18)21(25)13-10-17-7-4-5-9-19(17)26-3/h4-5,7,9,15,18H,6,8,10-14H2,1-3H3. The van der Waals surface area contributed by atoms with Gasteiger partial charge in [0.15, 0.2) is 0 Å². The molecule has 2 heterocycles. The number of carbonyl (C=O) groups excluding carboxylic acids is 1. The van der Waals surface area contributed by atoms with Gasteiger partial charge in [-0.1, -0.05) is 18.2 Å². The van der Waals surface area contributed by atoms with Crippen molar-refractivity contribution in [2.45, 2.75) is 51.5 Å². The molecule has 1 aliphatic heterocycles. The lowest BCUT2D eigenvalue weighted by Crippen LogP contribution is -2.36. The quantitative estimate of drug-likeness (QED) is 0.766. The minimum atomic E-state index is 0.259. The van der Waals surface area contributed by atoms with E-state index in [9.17, 15) is 4.79 Å². The zero-order chi connectivity index (χ0) is 18.5. The Balaban J connectivity index is 1.55. The third-order valence-corrected chi connectivity index (χ3v) is 5.52. The Morgan fingerprint density at radius 2 is 2.12 bits per heavy atom. The molecule has 1 amide bonds. The molecule has 5 nitrogen and oxygen atoms in total. The number of aromatic nitrogens is 2. The van der Waals surface area contributed by atoms with Crippen molar-refractivity contribution in [3.8, 4) is 5.75 Å². The van der Waals surface area contributed by atoms with Crippen LogP contribution in [0.25, 0.3) is 0 Å². The van der Waals surface area contributed by atoms with Gasteiger partial charge in [0, 0.05) is 44.4 Å². The van der Waals surface area contributed by atoms with Gasteiger partial charge in [-0.15, -0.1) is 0 Å². The van der Waals surface area contributed by atoms with Gasteiger partial charge in [0.1, 0.15) is 11.6 Å². The lowest BCUT2D eigenvalue weighted by Gasteiger charge is -2.25. The highest BCUT2D eigenvalue weighted by atomic mass is 16.5. The van der Waals surface area contributed by atoms with E-state index in [1.54, 1.807) is 7.11 Å². The Labute approximate surface area is 156 Å². The zero-order valence-corrected chi connectivity index (χ0v) is 16.1. The minimum Gasteiger partial charge on any atom is -0.496 e. The number of carbonyl (C=O) groups is 1. The first-order valence-corrected chi connectivity index (χ1v) is 9.48. The molecule has 1 fully saturated rings. The second kappa shape index (κ2) is 8.39. The maximum absolute atomic E-state index is 12.8. The van der Waals surface area contributed by atoms with Crippen LogP contribution in [0.1, 0.15) is 42.8 Å². The van der Waals surface area contributed by atoms with Gasteiger partial charge in [-0.2, -0.15) is 0 Å². The molecule has 1 aromatic heterocycles. The number of methoxy groups -OCH3 is 1. The average molecular weight is 355 g/mol. The van der Waals surface area contributed by atoms with Crippen molar-refractivity contribution in [2.24, 2.45) is 7.05 Å². The summed E-state index contributed by atoms with van der Waals surface area (Å²) in [5.74, 6) is 2.23. The van der Waals surface area contributed by atoms with E-state index in [1.807, 2.05) is 30.5 Å². The number of ether oxygens (including phenoxy) is 1. The number of rotatable bonds is 7. The van der Waals surface area contributed by atoms with Gasteiger partial charge >= 0.3 is 0 Å². The van der Waals surface area contributed by atoms with Gasteiger partial charge < -0.3 is 14.2 Å². The maximum Gasteiger partial charge on any atom is 0.223 e. The highest BCUT2D eigenvalue weighted by Gasteiger charge is 2.28. The van der Waals surface area contributed by atoms with Gasteiger partial charge in [-0.25, -0.2) is 4.98 Å². The molecule has 0 radical (unpaired) electrons. The molecular formula is C21H29N3O2. The van der Waals surface area contributed by atoms with Crippen LogP contribution in [0.2, 0.25) is 0 Å². The maximum atomic E-state index is 12.8. The molecule has 1 atom stereocenters. The molecular weight excluding hydrogens is 326 g/mol. The third kappa shape index (κ3) is 4.09. The first-order chi connectivity index (χ1) is 12.6. The number of nitrogens with zero attached hydrogens (tertiary/aromatic N) is 3. The molecule has 2 aromatic rings. The normalized spacial score (nSPS) is 16.9. The van der Waals surface area contributed by atoms with Crippen molar-refractivity contribution in [1.29, 1.82) is 0 Å². The van der Waals surface area contributed by atoms with E-state index in [0.717, 1.165) is 55.8 Å². The predicted octanol–water partition coefficient (Wildman–Crippen LogP) is 3.29. The van der Waals surface area contributed by atoms with Crippen molar-refractivity contribution in [2.75, 3.05) is 13.7 Å². The molecule has 0 spiro atoms. The minimum absolute atomic E-state index is 0.259. The number of likely N-dealkylation sites (tertiary alicyclic amines) is 1. The summed E-state index contributed by atoms with van der Waals surface area (Å²) in [6, 6.07) is 8.29. The summed E-state index contributed by atoms with van der Waals surface area (Å²) in [4.78, 5) is 19.4. The first kappa shape index (κ1) is 18.5. The van der Waals surface area contributed by atoms with Crippen molar-refractivity contribution >= 4 is 5.91 Å². The zero-order valence-electron chi connectivity index (χ0n) is 16.1. The van der Waals surface area contributed by atoms with E-state index in [4.69, 9.17) is 4.74 Å². The van der Waals surface area contributed by atoms with E-state index >= 15 is 0 Å². The van der Waals surface area contributed by atoms with Crippen LogP contribution >= 0.6 is 0 Å². The highest BCUT2D eigenvalue weighted by molar-refractivity contribution is 5.77. The second-order valence-corrected chi connectivity index (χ2v) is 7.11. The lowest BCUT2D eigenvalue weighted by molar-refractivity contribution is -0.132. The topological polar surface area (TPSA) is 47.4 Å². The van der Waals surface area contributed by atoms with Gasteiger partial charge in [-0.3, -0.25) is 4.79 Å². The van der Waals surface area contributed by atoms with Crippen LogP contribution in [0, 0.1) is 6.92 Å². The largest absolute Gasteiger partial charge is 0.496 e. The number of hydrogen-bond donors (Lipinski definition) is 0. The molecule has 5 heteroatoms. The summed E-state index contributed by atoms with van der Waals surface area (Å²) >= 11 is 0. The molecule has 0 bridgehead atoms. The molecule has 1 unspecified atom stereocenters. The fourth-order valence-corrected chi connectivity index (χ4v) is 3.83. The Kier molecular flexibility index (Phi) is 5.96. The molecule has 140 valence electrons. The lowest BCUT2D eigenvalue weighted by atomic mass is 10.1. The molecule has 0 aliphatic carbocycles. The van der Waals surface area contributed by atoms with Gasteiger partial charge in [-0.05, 0) is 44.2 Å². The Bertz CT molecular complexity index is 753. The number of para-hydroxylation sites is 1. The summed E-state index contributed by atoms with van der Waals surface area (Å²) in [5, 5.41) is 0. The average Bonchev–Trinajstić information content (AvgIpc) is 3.25. The van der Waals surface area contributed by atoms with Crippen molar-refractivity contribution in [3.05, 3.63) is 47.5 Å². The number of hydrogen-bond acceptors (Lipinski definition) is 3. The van der Waals surface area contributed by atoms with Crippen LogP contribution in [0.3, 0.4) is 0 Å².